The number of para-hydroxylation sites is 1. The van der Waals surface area contributed by atoms with Gasteiger partial charge in [0.2, 0.25) is 0 Å². The molecule has 112 valence electrons. The number of aryl methyl sites for hydroxylation is 2. The number of hydrogen-bond acceptors (Lipinski definition) is 1. The third-order valence-electron chi connectivity index (χ3n) is 4.30. The summed E-state index contributed by atoms with van der Waals surface area (Å²) in [4.78, 5) is 4.56. The van der Waals surface area contributed by atoms with E-state index in [0.29, 0.717) is 0 Å². The smallest absolute Gasteiger partial charge is 0.256 e. The highest BCUT2D eigenvalue weighted by Crippen LogP contribution is 2.28. The molecule has 0 saturated heterocycles. The van der Waals surface area contributed by atoms with E-state index >= 15 is 0 Å². The molecule has 0 radical (unpaired) electrons. The second-order valence-electron chi connectivity index (χ2n) is 5.75. The van der Waals surface area contributed by atoms with Crippen molar-refractivity contribution in [2.75, 3.05) is 0 Å². The van der Waals surface area contributed by atoms with Crippen molar-refractivity contribution < 1.29 is 4.57 Å². The van der Waals surface area contributed by atoms with Crippen molar-refractivity contribution in [1.29, 1.82) is 0 Å². The molecular weight excluding hydrogens is 282 g/mol. The number of rotatable bonds is 2. The van der Waals surface area contributed by atoms with Gasteiger partial charge in [0, 0.05) is 11.6 Å². The Morgan fingerprint density at radius 1 is 0.957 bits per heavy atom. The largest absolute Gasteiger partial charge is 0.294 e. The lowest BCUT2D eigenvalue weighted by molar-refractivity contribution is -0.659. The van der Waals surface area contributed by atoms with Gasteiger partial charge < -0.3 is 0 Å². The van der Waals surface area contributed by atoms with Gasteiger partial charge in [-0.25, -0.2) is 4.57 Å². The Hall–Kier alpha value is -2.94. The summed E-state index contributed by atoms with van der Waals surface area (Å²) in [5.41, 5.74) is 4.62. The van der Waals surface area contributed by atoms with Crippen LogP contribution in [-0.4, -0.2) is 9.55 Å². The van der Waals surface area contributed by atoms with Crippen LogP contribution in [0.2, 0.25) is 0 Å². The number of aromatic nitrogens is 3. The Morgan fingerprint density at radius 2 is 1.78 bits per heavy atom. The molecule has 0 aliphatic carbocycles. The Labute approximate surface area is 135 Å². The van der Waals surface area contributed by atoms with Gasteiger partial charge in [-0.3, -0.25) is 4.98 Å². The van der Waals surface area contributed by atoms with E-state index in [1.165, 1.54) is 16.5 Å². The van der Waals surface area contributed by atoms with Crippen LogP contribution < -0.4 is 4.57 Å². The Bertz CT molecular complexity index is 984. The molecule has 4 aromatic rings. The first-order chi connectivity index (χ1) is 11.3. The van der Waals surface area contributed by atoms with Gasteiger partial charge in [0.25, 0.3) is 5.82 Å². The Balaban J connectivity index is 1.99. The lowest BCUT2D eigenvalue weighted by Crippen LogP contribution is -2.29. The van der Waals surface area contributed by atoms with Gasteiger partial charge in [0.1, 0.15) is 18.1 Å². The number of imidazole rings is 1. The van der Waals surface area contributed by atoms with Crippen LogP contribution >= 0.6 is 0 Å². The summed E-state index contributed by atoms with van der Waals surface area (Å²) in [5.74, 6) is 1.15. The second-order valence-corrected chi connectivity index (χ2v) is 5.75. The van der Waals surface area contributed by atoms with Gasteiger partial charge >= 0.3 is 0 Å². The standard InChI is InChI=1S/C20H18N3/c1-15-18(11-10-16-7-6-12-21-19(15)16)20-22(2)13-14-23(20)17-8-4-3-5-9-17/h3-14H,1-2H3/q+1. The quantitative estimate of drug-likeness (QED) is 0.516. The fraction of sp³-hybridized carbons (Fsp3) is 0.100. The van der Waals surface area contributed by atoms with Crippen LogP contribution in [0.5, 0.6) is 0 Å². The molecule has 23 heavy (non-hydrogen) atoms. The summed E-state index contributed by atoms with van der Waals surface area (Å²) in [6.07, 6.45) is 6.05. The zero-order valence-corrected chi connectivity index (χ0v) is 13.3. The SMILES string of the molecule is Cc1c(-c2n(-c3ccccc3)cc[n+]2C)ccc2cccnc12. The molecule has 0 unspecified atom stereocenters. The van der Waals surface area contributed by atoms with E-state index in [0.717, 1.165) is 17.0 Å². The molecular formula is C20H18N3+. The minimum atomic E-state index is 1.06. The second kappa shape index (κ2) is 5.36. The van der Waals surface area contributed by atoms with Crippen LogP contribution in [0.3, 0.4) is 0 Å². The van der Waals surface area contributed by atoms with E-state index in [2.05, 4.69) is 82.9 Å². The van der Waals surface area contributed by atoms with Gasteiger partial charge in [-0.15, -0.1) is 0 Å². The van der Waals surface area contributed by atoms with Crippen LogP contribution in [-0.2, 0) is 7.05 Å². The monoisotopic (exact) mass is 300 g/mol. The van der Waals surface area contributed by atoms with Crippen molar-refractivity contribution in [1.82, 2.24) is 9.55 Å². The molecule has 2 aromatic carbocycles. The molecule has 0 bridgehead atoms. The maximum absolute atomic E-state index is 4.56. The molecule has 0 aliphatic rings. The number of pyridine rings is 1. The average molecular weight is 300 g/mol. The molecule has 2 heterocycles. The molecule has 4 rings (SSSR count). The van der Waals surface area contributed by atoms with Crippen molar-refractivity contribution in [3.05, 3.63) is 78.8 Å². The van der Waals surface area contributed by atoms with Gasteiger partial charge in [-0.2, -0.15) is 4.57 Å². The highest BCUT2D eigenvalue weighted by Gasteiger charge is 2.21. The maximum atomic E-state index is 4.56. The van der Waals surface area contributed by atoms with E-state index in [1.807, 2.05) is 18.3 Å². The zero-order valence-electron chi connectivity index (χ0n) is 13.3. The van der Waals surface area contributed by atoms with E-state index in [9.17, 15) is 0 Å². The molecule has 0 aliphatic heterocycles. The molecule has 0 fully saturated rings. The molecule has 0 N–H and O–H groups in total. The fourth-order valence-electron chi connectivity index (χ4n) is 3.13. The lowest BCUT2D eigenvalue weighted by atomic mass is 10.0. The molecule has 0 atom stereocenters. The highest BCUT2D eigenvalue weighted by molar-refractivity contribution is 5.87. The average Bonchev–Trinajstić information content (AvgIpc) is 2.98. The van der Waals surface area contributed by atoms with Gasteiger partial charge in [-0.05, 0) is 36.8 Å². The predicted octanol–water partition coefficient (Wildman–Crippen LogP) is 3.83. The Kier molecular flexibility index (Phi) is 3.19. The van der Waals surface area contributed by atoms with Crippen LogP contribution in [0, 0.1) is 6.92 Å². The minimum Gasteiger partial charge on any atom is -0.256 e. The molecule has 3 heteroatoms. The summed E-state index contributed by atoms with van der Waals surface area (Å²) >= 11 is 0. The summed E-state index contributed by atoms with van der Waals surface area (Å²) < 4.78 is 4.38. The summed E-state index contributed by atoms with van der Waals surface area (Å²) in [7, 11) is 2.08. The van der Waals surface area contributed by atoms with Gasteiger partial charge in [0.15, 0.2) is 0 Å². The maximum Gasteiger partial charge on any atom is 0.294 e. The van der Waals surface area contributed by atoms with Crippen molar-refractivity contribution in [2.24, 2.45) is 7.05 Å². The van der Waals surface area contributed by atoms with Crippen molar-refractivity contribution in [2.45, 2.75) is 6.92 Å². The van der Waals surface area contributed by atoms with E-state index in [4.69, 9.17) is 0 Å². The number of fused-ring (bicyclic) bond motifs is 1. The lowest BCUT2D eigenvalue weighted by Gasteiger charge is -2.08. The molecule has 3 nitrogen and oxygen atoms in total. The first kappa shape index (κ1) is 13.7. The van der Waals surface area contributed by atoms with Gasteiger partial charge in [0.05, 0.1) is 18.1 Å². The third kappa shape index (κ3) is 2.21. The molecule has 0 saturated carbocycles. The molecule has 0 amide bonds. The summed E-state index contributed by atoms with van der Waals surface area (Å²) in [5, 5.41) is 1.18. The first-order valence-electron chi connectivity index (χ1n) is 7.73. The molecule has 2 aromatic heterocycles. The highest BCUT2D eigenvalue weighted by atomic mass is 15.1. The topological polar surface area (TPSA) is 21.7 Å². The van der Waals surface area contributed by atoms with Crippen LogP contribution in [0.4, 0.5) is 0 Å². The van der Waals surface area contributed by atoms with Crippen molar-refractivity contribution >= 4 is 10.9 Å². The van der Waals surface area contributed by atoms with Crippen molar-refractivity contribution in [3.63, 3.8) is 0 Å². The number of nitrogens with zero attached hydrogens (tertiary/aromatic N) is 3. The Morgan fingerprint density at radius 3 is 2.61 bits per heavy atom. The molecule has 0 spiro atoms. The van der Waals surface area contributed by atoms with Crippen LogP contribution in [0.25, 0.3) is 28.0 Å². The number of hydrogen-bond donors (Lipinski definition) is 0. The minimum absolute atomic E-state index is 1.06. The van der Waals surface area contributed by atoms with Gasteiger partial charge in [-0.1, -0.05) is 30.3 Å². The summed E-state index contributed by atoms with van der Waals surface area (Å²) in [6, 6.07) is 18.8. The third-order valence-corrected chi connectivity index (χ3v) is 4.30. The fourth-order valence-corrected chi connectivity index (χ4v) is 3.13. The predicted molar refractivity (Wildman–Crippen MR) is 92.4 cm³/mol. The number of benzene rings is 2. The van der Waals surface area contributed by atoms with Crippen molar-refractivity contribution in [3.8, 4) is 17.1 Å². The summed E-state index contributed by atoms with van der Waals surface area (Å²) in [6.45, 7) is 2.15. The van der Waals surface area contributed by atoms with E-state index in [-0.39, 0.29) is 0 Å². The zero-order chi connectivity index (χ0) is 15.8. The van der Waals surface area contributed by atoms with Crippen LogP contribution in [0.1, 0.15) is 5.56 Å². The van der Waals surface area contributed by atoms with E-state index < -0.39 is 0 Å². The normalized spacial score (nSPS) is 11.0. The first-order valence-corrected chi connectivity index (χ1v) is 7.73. The van der Waals surface area contributed by atoms with E-state index in [1.54, 1.807) is 0 Å². The van der Waals surface area contributed by atoms with Crippen LogP contribution in [0.15, 0.2) is 73.2 Å².